The summed E-state index contributed by atoms with van der Waals surface area (Å²) in [5.41, 5.74) is -0.278. The van der Waals surface area contributed by atoms with Crippen molar-refractivity contribution < 1.29 is 31.4 Å². The van der Waals surface area contributed by atoms with Gasteiger partial charge in [-0.25, -0.2) is 8.42 Å². The van der Waals surface area contributed by atoms with Crippen LogP contribution in [0.3, 0.4) is 0 Å². The maximum Gasteiger partial charge on any atom is 0.573 e. The molecule has 124 valence electrons. The van der Waals surface area contributed by atoms with E-state index in [-0.39, 0.29) is 10.7 Å². The molecule has 0 spiro atoms. The van der Waals surface area contributed by atoms with Gasteiger partial charge in [0.05, 0.1) is 5.69 Å². The SMILES string of the molecule is O=S(=O)(Nc1cc(Cl)ccc1O)c1ccccc1OC(F)(F)F. The Morgan fingerprint density at radius 3 is 2.43 bits per heavy atom. The lowest BCUT2D eigenvalue weighted by Crippen LogP contribution is -2.20. The summed E-state index contributed by atoms with van der Waals surface area (Å²) in [7, 11) is -4.45. The third-order valence-electron chi connectivity index (χ3n) is 2.57. The second-order valence-corrected chi connectivity index (χ2v) is 6.35. The number of hydrogen-bond acceptors (Lipinski definition) is 4. The minimum Gasteiger partial charge on any atom is -0.506 e. The van der Waals surface area contributed by atoms with Gasteiger partial charge >= 0.3 is 6.36 Å². The Morgan fingerprint density at radius 2 is 1.78 bits per heavy atom. The lowest BCUT2D eigenvalue weighted by molar-refractivity contribution is -0.275. The summed E-state index contributed by atoms with van der Waals surface area (Å²) >= 11 is 5.69. The van der Waals surface area contributed by atoms with Gasteiger partial charge in [0.2, 0.25) is 0 Å². The standard InChI is InChI=1S/C13H9ClF3NO4S/c14-8-5-6-10(19)9(7-8)18-23(20,21)12-4-2-1-3-11(12)22-13(15,16)17/h1-7,18-19H. The molecule has 10 heteroatoms. The number of rotatable bonds is 4. The third-order valence-corrected chi connectivity index (χ3v) is 4.21. The van der Waals surface area contributed by atoms with E-state index in [0.717, 1.165) is 24.3 Å². The second kappa shape index (κ2) is 6.17. The molecule has 0 aliphatic carbocycles. The van der Waals surface area contributed by atoms with Gasteiger partial charge in [0, 0.05) is 5.02 Å². The van der Waals surface area contributed by atoms with Crippen LogP contribution < -0.4 is 9.46 Å². The normalized spacial score (nSPS) is 12.0. The number of aromatic hydroxyl groups is 1. The first-order chi connectivity index (χ1) is 10.6. The largest absolute Gasteiger partial charge is 0.573 e. The van der Waals surface area contributed by atoms with E-state index in [1.54, 1.807) is 0 Å². The van der Waals surface area contributed by atoms with Crippen LogP contribution in [-0.2, 0) is 10.0 Å². The van der Waals surface area contributed by atoms with Crippen LogP contribution in [0.25, 0.3) is 0 Å². The van der Waals surface area contributed by atoms with Crippen molar-refractivity contribution in [1.82, 2.24) is 0 Å². The maximum atomic E-state index is 12.4. The van der Waals surface area contributed by atoms with E-state index < -0.39 is 32.8 Å². The first kappa shape index (κ1) is 17.2. The number of halogens is 4. The molecule has 23 heavy (non-hydrogen) atoms. The van der Waals surface area contributed by atoms with Crippen LogP contribution in [-0.4, -0.2) is 19.9 Å². The molecule has 0 bridgehead atoms. The minimum absolute atomic E-state index is 0.125. The van der Waals surface area contributed by atoms with Crippen molar-refractivity contribution in [3.63, 3.8) is 0 Å². The van der Waals surface area contributed by atoms with Crippen LogP contribution >= 0.6 is 11.6 Å². The zero-order chi connectivity index (χ0) is 17.3. The topological polar surface area (TPSA) is 75.6 Å². The average Bonchev–Trinajstić information content (AvgIpc) is 2.41. The number of phenolic OH excluding ortho intramolecular Hbond substituents is 1. The molecular weight excluding hydrogens is 359 g/mol. The molecule has 0 aliphatic heterocycles. The molecule has 2 aromatic carbocycles. The molecule has 0 heterocycles. The number of benzene rings is 2. The highest BCUT2D eigenvalue weighted by Gasteiger charge is 2.34. The predicted octanol–water partition coefficient (Wildman–Crippen LogP) is 3.75. The van der Waals surface area contributed by atoms with Crippen molar-refractivity contribution in [2.45, 2.75) is 11.3 Å². The van der Waals surface area contributed by atoms with E-state index in [1.165, 1.54) is 18.2 Å². The molecule has 0 aromatic heterocycles. The molecule has 0 aliphatic rings. The summed E-state index contributed by atoms with van der Waals surface area (Å²) in [6, 6.07) is 7.78. The Balaban J connectivity index is 2.42. The number of para-hydroxylation sites is 1. The second-order valence-electron chi connectivity index (χ2n) is 4.26. The van der Waals surface area contributed by atoms with Crippen molar-refractivity contribution >= 4 is 27.3 Å². The molecule has 0 saturated heterocycles. The molecule has 0 amide bonds. The summed E-state index contributed by atoms with van der Waals surface area (Å²) in [5.74, 6) is -1.33. The molecular formula is C13H9ClF3NO4S. The minimum atomic E-state index is -5.05. The van der Waals surface area contributed by atoms with Gasteiger partial charge in [0.15, 0.2) is 0 Å². The summed E-state index contributed by atoms with van der Waals surface area (Å²) in [6.07, 6.45) is -5.05. The molecule has 0 atom stereocenters. The van der Waals surface area contributed by atoms with Gasteiger partial charge in [0.25, 0.3) is 10.0 Å². The molecule has 2 aromatic rings. The lowest BCUT2D eigenvalue weighted by Gasteiger charge is -2.15. The lowest BCUT2D eigenvalue weighted by atomic mass is 10.3. The number of ether oxygens (including phenoxy) is 1. The molecule has 5 nitrogen and oxygen atoms in total. The van der Waals surface area contributed by atoms with Gasteiger partial charge in [-0.1, -0.05) is 23.7 Å². The van der Waals surface area contributed by atoms with Gasteiger partial charge in [-0.15, -0.1) is 13.2 Å². The smallest absolute Gasteiger partial charge is 0.506 e. The Morgan fingerprint density at radius 1 is 1.13 bits per heavy atom. The van der Waals surface area contributed by atoms with Crippen molar-refractivity contribution in [3.8, 4) is 11.5 Å². The van der Waals surface area contributed by atoms with Crippen LogP contribution in [0, 0.1) is 0 Å². The molecule has 0 saturated carbocycles. The average molecular weight is 368 g/mol. The highest BCUT2D eigenvalue weighted by Crippen LogP contribution is 2.33. The van der Waals surface area contributed by atoms with Gasteiger partial charge in [-0.3, -0.25) is 4.72 Å². The number of alkyl halides is 3. The van der Waals surface area contributed by atoms with Crippen molar-refractivity contribution in [1.29, 1.82) is 0 Å². The summed E-state index contributed by atoms with van der Waals surface area (Å²) < 4.78 is 67.3. The van der Waals surface area contributed by atoms with E-state index in [4.69, 9.17) is 11.6 Å². The number of phenols is 1. The Labute approximate surface area is 134 Å². The van der Waals surface area contributed by atoms with Gasteiger partial charge in [-0.05, 0) is 30.3 Å². The predicted molar refractivity (Wildman–Crippen MR) is 77.1 cm³/mol. The summed E-state index contributed by atoms with van der Waals surface area (Å²) in [6.45, 7) is 0. The van der Waals surface area contributed by atoms with E-state index in [2.05, 4.69) is 4.74 Å². The third kappa shape index (κ3) is 4.42. The van der Waals surface area contributed by atoms with Gasteiger partial charge < -0.3 is 9.84 Å². The van der Waals surface area contributed by atoms with Gasteiger partial charge in [0.1, 0.15) is 16.4 Å². The first-order valence-corrected chi connectivity index (χ1v) is 7.81. The van der Waals surface area contributed by atoms with Crippen LogP contribution in [0.1, 0.15) is 0 Å². The number of nitrogens with one attached hydrogen (secondary N) is 1. The van der Waals surface area contributed by atoms with Crippen molar-refractivity contribution in [3.05, 3.63) is 47.5 Å². The Hall–Kier alpha value is -2.13. The van der Waals surface area contributed by atoms with Crippen LogP contribution in [0.5, 0.6) is 11.5 Å². The molecule has 0 radical (unpaired) electrons. The number of anilines is 1. The fraction of sp³-hybridized carbons (Fsp3) is 0.0769. The van der Waals surface area contributed by atoms with E-state index in [1.807, 2.05) is 4.72 Å². The van der Waals surface area contributed by atoms with Crippen LogP contribution in [0.4, 0.5) is 18.9 Å². The molecule has 0 unspecified atom stereocenters. The zero-order valence-electron chi connectivity index (χ0n) is 11.1. The van der Waals surface area contributed by atoms with Crippen molar-refractivity contribution in [2.24, 2.45) is 0 Å². The van der Waals surface area contributed by atoms with Gasteiger partial charge in [-0.2, -0.15) is 0 Å². The zero-order valence-corrected chi connectivity index (χ0v) is 12.7. The van der Waals surface area contributed by atoms with Crippen LogP contribution in [0.2, 0.25) is 5.02 Å². The quantitative estimate of drug-likeness (QED) is 0.807. The molecule has 0 fully saturated rings. The summed E-state index contributed by atoms with van der Waals surface area (Å²) in [5, 5.41) is 9.73. The summed E-state index contributed by atoms with van der Waals surface area (Å²) in [4.78, 5) is -0.739. The number of sulfonamides is 1. The number of hydrogen-bond donors (Lipinski definition) is 2. The highest BCUT2D eigenvalue weighted by atomic mass is 35.5. The van der Waals surface area contributed by atoms with Crippen molar-refractivity contribution in [2.75, 3.05) is 4.72 Å². The highest BCUT2D eigenvalue weighted by molar-refractivity contribution is 7.92. The van der Waals surface area contributed by atoms with E-state index >= 15 is 0 Å². The van der Waals surface area contributed by atoms with E-state index in [0.29, 0.717) is 0 Å². The first-order valence-electron chi connectivity index (χ1n) is 5.94. The Bertz CT molecular complexity index is 824. The Kier molecular flexibility index (Phi) is 4.62. The monoisotopic (exact) mass is 367 g/mol. The van der Waals surface area contributed by atoms with E-state index in [9.17, 15) is 26.7 Å². The fourth-order valence-corrected chi connectivity index (χ4v) is 3.04. The molecule has 2 rings (SSSR count). The fourth-order valence-electron chi connectivity index (χ4n) is 1.67. The van der Waals surface area contributed by atoms with Crippen LogP contribution in [0.15, 0.2) is 47.4 Å². The molecule has 2 N–H and O–H groups in total. The maximum absolute atomic E-state index is 12.4.